The Morgan fingerprint density at radius 3 is 2.59 bits per heavy atom. The molecule has 1 saturated heterocycles. The minimum Gasteiger partial charge on any atom is -0.393 e. The lowest BCUT2D eigenvalue weighted by Crippen LogP contribution is -2.43. The van der Waals surface area contributed by atoms with Crippen LogP contribution in [-0.4, -0.2) is 48.2 Å². The van der Waals surface area contributed by atoms with Gasteiger partial charge in [-0.15, -0.1) is 0 Å². The molecule has 2 N–H and O–H groups in total. The van der Waals surface area contributed by atoms with E-state index in [1.54, 1.807) is 12.1 Å². The second-order valence-corrected chi connectivity index (χ2v) is 6.08. The van der Waals surface area contributed by atoms with Gasteiger partial charge in [0.1, 0.15) is 5.82 Å². The average Bonchev–Trinajstić information content (AvgIpc) is 2.50. The van der Waals surface area contributed by atoms with Crippen LogP contribution in [0.15, 0.2) is 24.3 Å². The minimum atomic E-state index is -0.258. The third kappa shape index (κ3) is 5.39. The minimum absolute atomic E-state index is 0.0256. The molecule has 1 unspecified atom stereocenters. The number of nitrogens with one attached hydrogen (secondary N) is 1. The van der Waals surface area contributed by atoms with Crippen molar-refractivity contribution in [1.29, 1.82) is 0 Å². The summed E-state index contributed by atoms with van der Waals surface area (Å²) in [6.45, 7) is 4.54. The lowest BCUT2D eigenvalue weighted by molar-refractivity contribution is -0.122. The molecule has 0 aliphatic carbocycles. The molecule has 1 aliphatic rings. The van der Waals surface area contributed by atoms with E-state index in [4.69, 9.17) is 0 Å². The van der Waals surface area contributed by atoms with Gasteiger partial charge >= 0.3 is 0 Å². The fraction of sp³-hybridized carbons (Fsp3) is 0.588. The van der Waals surface area contributed by atoms with E-state index < -0.39 is 0 Å². The number of carbonyl (C=O) groups excluding carboxylic acids is 1. The highest BCUT2D eigenvalue weighted by molar-refractivity contribution is 5.78. The average molecular weight is 308 g/mol. The number of amides is 1. The van der Waals surface area contributed by atoms with Crippen LogP contribution in [0.4, 0.5) is 4.39 Å². The van der Waals surface area contributed by atoms with E-state index in [9.17, 15) is 14.3 Å². The molecular formula is C17H25FN2O2. The first-order valence-corrected chi connectivity index (χ1v) is 7.96. The van der Waals surface area contributed by atoms with Gasteiger partial charge in [-0.2, -0.15) is 0 Å². The fourth-order valence-corrected chi connectivity index (χ4v) is 2.85. The largest absolute Gasteiger partial charge is 0.393 e. The van der Waals surface area contributed by atoms with E-state index in [-0.39, 0.29) is 17.8 Å². The summed E-state index contributed by atoms with van der Waals surface area (Å²) in [4.78, 5) is 14.0. The number of likely N-dealkylation sites (tertiary alicyclic amines) is 1. The van der Waals surface area contributed by atoms with Crippen LogP contribution < -0.4 is 5.32 Å². The van der Waals surface area contributed by atoms with Gasteiger partial charge in [-0.1, -0.05) is 12.1 Å². The third-order valence-electron chi connectivity index (χ3n) is 4.33. The zero-order valence-corrected chi connectivity index (χ0v) is 13.1. The van der Waals surface area contributed by atoms with Crippen LogP contribution in [-0.2, 0) is 11.2 Å². The lowest BCUT2D eigenvalue weighted by Gasteiger charge is -2.32. The molecule has 0 bridgehead atoms. The quantitative estimate of drug-likeness (QED) is 0.839. The zero-order valence-electron chi connectivity index (χ0n) is 13.1. The third-order valence-corrected chi connectivity index (χ3v) is 4.33. The van der Waals surface area contributed by atoms with Crippen LogP contribution in [0.3, 0.4) is 0 Å². The summed E-state index contributed by atoms with van der Waals surface area (Å²) in [5, 5.41) is 12.5. The number of aliphatic hydroxyl groups is 1. The van der Waals surface area contributed by atoms with Crippen LogP contribution in [0.25, 0.3) is 0 Å². The Morgan fingerprint density at radius 1 is 1.36 bits per heavy atom. The van der Waals surface area contributed by atoms with E-state index >= 15 is 0 Å². The molecule has 4 nitrogen and oxygen atoms in total. The molecule has 0 spiro atoms. The first kappa shape index (κ1) is 16.9. The second kappa shape index (κ2) is 8.25. The Labute approximate surface area is 131 Å². The van der Waals surface area contributed by atoms with Gasteiger partial charge < -0.3 is 10.4 Å². The maximum Gasteiger partial charge on any atom is 0.234 e. The predicted molar refractivity (Wildman–Crippen MR) is 84.0 cm³/mol. The number of benzene rings is 1. The second-order valence-electron chi connectivity index (χ2n) is 6.08. The van der Waals surface area contributed by atoms with Gasteiger partial charge in [0.15, 0.2) is 0 Å². The van der Waals surface area contributed by atoms with Crippen molar-refractivity contribution in [2.45, 2.75) is 32.3 Å². The number of rotatable bonds is 6. The maximum atomic E-state index is 12.8. The summed E-state index contributed by atoms with van der Waals surface area (Å²) in [5.74, 6) is 0.142. The van der Waals surface area contributed by atoms with E-state index in [2.05, 4.69) is 10.2 Å². The van der Waals surface area contributed by atoms with Crippen LogP contribution in [0.5, 0.6) is 0 Å². The molecule has 22 heavy (non-hydrogen) atoms. The van der Waals surface area contributed by atoms with Crippen molar-refractivity contribution in [2.24, 2.45) is 5.92 Å². The predicted octanol–water partition coefficient (Wildman–Crippen LogP) is 1.58. The number of nitrogens with zero attached hydrogens (tertiary/aromatic N) is 1. The van der Waals surface area contributed by atoms with E-state index in [1.165, 1.54) is 12.1 Å². The van der Waals surface area contributed by atoms with Crippen molar-refractivity contribution < 1.29 is 14.3 Å². The molecule has 0 aromatic heterocycles. The molecule has 122 valence electrons. The Morgan fingerprint density at radius 2 is 2.00 bits per heavy atom. The molecule has 1 aromatic rings. The zero-order chi connectivity index (χ0) is 15.9. The summed E-state index contributed by atoms with van der Waals surface area (Å²) in [6.07, 6.45) is 2.34. The number of piperidine rings is 1. The maximum absolute atomic E-state index is 12.8. The highest BCUT2D eigenvalue weighted by Gasteiger charge is 2.23. The first-order valence-electron chi connectivity index (χ1n) is 7.96. The fourth-order valence-electron chi connectivity index (χ4n) is 2.85. The van der Waals surface area contributed by atoms with Gasteiger partial charge in [0.25, 0.3) is 0 Å². The van der Waals surface area contributed by atoms with Gasteiger partial charge in [0, 0.05) is 6.54 Å². The van der Waals surface area contributed by atoms with Crippen LogP contribution in [0.1, 0.15) is 25.3 Å². The Balaban J connectivity index is 1.63. The SMILES string of the molecule is CC(O)C1CCN(CC(=O)NCCc2ccc(F)cc2)CC1. The van der Waals surface area contributed by atoms with E-state index in [0.29, 0.717) is 25.4 Å². The van der Waals surface area contributed by atoms with Crippen LogP contribution in [0, 0.1) is 11.7 Å². The highest BCUT2D eigenvalue weighted by Crippen LogP contribution is 2.20. The molecule has 1 heterocycles. The van der Waals surface area contributed by atoms with Crippen LogP contribution >= 0.6 is 0 Å². The van der Waals surface area contributed by atoms with Crippen molar-refractivity contribution in [3.8, 4) is 0 Å². The molecule has 0 saturated carbocycles. The molecule has 1 aliphatic heterocycles. The summed E-state index contributed by atoms with van der Waals surface area (Å²) in [5.41, 5.74) is 1.01. The smallest absolute Gasteiger partial charge is 0.234 e. The summed E-state index contributed by atoms with van der Waals surface area (Å²) >= 11 is 0. The normalized spacial score (nSPS) is 18.1. The Bertz CT molecular complexity index is 468. The lowest BCUT2D eigenvalue weighted by atomic mass is 9.92. The van der Waals surface area contributed by atoms with Crippen molar-refractivity contribution in [3.63, 3.8) is 0 Å². The number of halogens is 1. The standard InChI is InChI=1S/C17H25FN2O2/c1-13(21)15-7-10-20(11-8-15)12-17(22)19-9-6-14-2-4-16(18)5-3-14/h2-5,13,15,21H,6-12H2,1H3,(H,19,22). The highest BCUT2D eigenvalue weighted by atomic mass is 19.1. The summed E-state index contributed by atoms with van der Waals surface area (Å²) < 4.78 is 12.8. The van der Waals surface area contributed by atoms with Gasteiger partial charge in [-0.3, -0.25) is 9.69 Å². The molecule has 1 fully saturated rings. The Hall–Kier alpha value is -1.46. The monoisotopic (exact) mass is 308 g/mol. The number of hydrogen-bond acceptors (Lipinski definition) is 3. The van der Waals surface area contributed by atoms with Crippen molar-refractivity contribution in [1.82, 2.24) is 10.2 Å². The number of carbonyl (C=O) groups is 1. The van der Waals surface area contributed by atoms with Gasteiger partial charge in [0.2, 0.25) is 5.91 Å². The molecule has 5 heteroatoms. The first-order chi connectivity index (χ1) is 10.5. The summed E-state index contributed by atoms with van der Waals surface area (Å²) in [6, 6.07) is 6.34. The van der Waals surface area contributed by atoms with E-state index in [0.717, 1.165) is 31.5 Å². The van der Waals surface area contributed by atoms with Gasteiger partial charge in [0.05, 0.1) is 12.6 Å². The van der Waals surface area contributed by atoms with E-state index in [1.807, 2.05) is 6.92 Å². The van der Waals surface area contributed by atoms with Crippen molar-refractivity contribution >= 4 is 5.91 Å². The van der Waals surface area contributed by atoms with Gasteiger partial charge in [-0.25, -0.2) is 4.39 Å². The molecular weight excluding hydrogens is 283 g/mol. The molecule has 1 atom stereocenters. The number of aliphatic hydroxyl groups excluding tert-OH is 1. The van der Waals surface area contributed by atoms with Crippen molar-refractivity contribution in [2.75, 3.05) is 26.2 Å². The number of hydrogen-bond donors (Lipinski definition) is 2. The molecule has 0 radical (unpaired) electrons. The van der Waals surface area contributed by atoms with Crippen LogP contribution in [0.2, 0.25) is 0 Å². The molecule has 1 aromatic carbocycles. The topological polar surface area (TPSA) is 52.6 Å². The summed E-state index contributed by atoms with van der Waals surface area (Å²) in [7, 11) is 0. The Kier molecular flexibility index (Phi) is 6.34. The molecule has 2 rings (SSSR count). The van der Waals surface area contributed by atoms with Gasteiger partial charge in [-0.05, 0) is 62.9 Å². The van der Waals surface area contributed by atoms with Crippen molar-refractivity contribution in [3.05, 3.63) is 35.6 Å². The molecule has 1 amide bonds.